The molecule has 7 nitrogen and oxygen atoms in total. The fourth-order valence-electron chi connectivity index (χ4n) is 3.46. The summed E-state index contributed by atoms with van der Waals surface area (Å²) in [4.78, 5) is 38.9. The topological polar surface area (TPSA) is 83.9 Å². The Bertz CT molecular complexity index is 1020. The quantitative estimate of drug-likeness (QED) is 0.771. The van der Waals surface area contributed by atoms with Gasteiger partial charge in [0.2, 0.25) is 5.91 Å². The zero-order valence-electron chi connectivity index (χ0n) is 15.3. The van der Waals surface area contributed by atoms with Crippen LogP contribution in [0.15, 0.2) is 53.8 Å². The number of carbonyl (C=O) groups is 1. The number of carbonyl (C=O) groups excluding carboxylic acids is 1. The smallest absolute Gasteiger partial charge is 0.254 e. The van der Waals surface area contributed by atoms with Gasteiger partial charge in [0, 0.05) is 42.5 Å². The van der Waals surface area contributed by atoms with Crippen LogP contribution in [0.25, 0.3) is 11.4 Å². The highest BCUT2D eigenvalue weighted by Gasteiger charge is 2.35. The van der Waals surface area contributed by atoms with Crippen LogP contribution in [0.3, 0.4) is 0 Å². The van der Waals surface area contributed by atoms with Crippen molar-refractivity contribution in [1.29, 1.82) is 0 Å². The van der Waals surface area contributed by atoms with Crippen molar-refractivity contribution < 1.29 is 4.79 Å². The third kappa shape index (κ3) is 3.05. The highest BCUT2D eigenvalue weighted by atomic mass is 16.2. The summed E-state index contributed by atoms with van der Waals surface area (Å²) >= 11 is 0. The van der Waals surface area contributed by atoms with Gasteiger partial charge >= 0.3 is 0 Å². The van der Waals surface area contributed by atoms with Gasteiger partial charge in [-0.05, 0) is 44.5 Å². The molecule has 1 N–H and O–H groups in total. The van der Waals surface area contributed by atoms with Crippen LogP contribution in [0.2, 0.25) is 0 Å². The highest BCUT2D eigenvalue weighted by Crippen LogP contribution is 2.24. The Morgan fingerprint density at radius 2 is 1.89 bits per heavy atom. The monoisotopic (exact) mass is 363 g/mol. The molecule has 0 saturated heterocycles. The molecule has 4 rings (SSSR count). The lowest BCUT2D eigenvalue weighted by atomic mass is 9.99. The zero-order valence-corrected chi connectivity index (χ0v) is 15.3. The number of pyridine rings is 1. The SMILES string of the molecule is CC(C)(C(=O)N1CCc2c(nc(-c3ccncc3)[nH]c2=O)C1)n1cccc1. The lowest BCUT2D eigenvalue weighted by Crippen LogP contribution is -2.49. The molecule has 0 saturated carbocycles. The number of nitrogens with one attached hydrogen (secondary N) is 1. The number of nitrogens with zero attached hydrogens (tertiary/aromatic N) is 4. The average molecular weight is 363 g/mol. The first-order chi connectivity index (χ1) is 13.0. The number of H-pyrrole nitrogens is 1. The first kappa shape index (κ1) is 17.2. The lowest BCUT2D eigenvalue weighted by Gasteiger charge is -2.35. The first-order valence-corrected chi connectivity index (χ1v) is 8.92. The number of amides is 1. The molecule has 0 unspecified atom stereocenters. The van der Waals surface area contributed by atoms with E-state index in [2.05, 4.69) is 15.0 Å². The summed E-state index contributed by atoms with van der Waals surface area (Å²) in [7, 11) is 0. The molecule has 0 aromatic carbocycles. The number of aromatic nitrogens is 4. The number of hydrogen-bond acceptors (Lipinski definition) is 4. The second kappa shape index (κ2) is 6.50. The molecule has 0 spiro atoms. The van der Waals surface area contributed by atoms with Crippen molar-refractivity contribution >= 4 is 5.91 Å². The number of aromatic amines is 1. The molecule has 1 aliphatic rings. The van der Waals surface area contributed by atoms with Crippen LogP contribution in [0.5, 0.6) is 0 Å². The maximum atomic E-state index is 13.2. The van der Waals surface area contributed by atoms with Crippen molar-refractivity contribution in [2.24, 2.45) is 0 Å². The first-order valence-electron chi connectivity index (χ1n) is 8.92. The molecular formula is C20H21N5O2. The van der Waals surface area contributed by atoms with E-state index < -0.39 is 5.54 Å². The molecule has 0 atom stereocenters. The van der Waals surface area contributed by atoms with Crippen molar-refractivity contribution in [2.45, 2.75) is 32.4 Å². The highest BCUT2D eigenvalue weighted by molar-refractivity contribution is 5.84. The van der Waals surface area contributed by atoms with E-state index in [-0.39, 0.29) is 11.5 Å². The molecule has 0 aliphatic carbocycles. The van der Waals surface area contributed by atoms with Crippen molar-refractivity contribution in [3.8, 4) is 11.4 Å². The summed E-state index contributed by atoms with van der Waals surface area (Å²) in [6.07, 6.45) is 7.59. The zero-order chi connectivity index (χ0) is 19.0. The number of hydrogen-bond donors (Lipinski definition) is 1. The van der Waals surface area contributed by atoms with Crippen LogP contribution in [0.1, 0.15) is 25.1 Å². The van der Waals surface area contributed by atoms with Gasteiger partial charge in [0.25, 0.3) is 5.56 Å². The summed E-state index contributed by atoms with van der Waals surface area (Å²) in [6, 6.07) is 7.41. The van der Waals surface area contributed by atoms with Crippen LogP contribution in [0, 0.1) is 0 Å². The van der Waals surface area contributed by atoms with Crippen molar-refractivity contribution in [2.75, 3.05) is 6.54 Å². The van der Waals surface area contributed by atoms with Gasteiger partial charge in [0.1, 0.15) is 11.4 Å². The Kier molecular flexibility index (Phi) is 4.14. The molecule has 1 aliphatic heterocycles. The summed E-state index contributed by atoms with van der Waals surface area (Å²) < 4.78 is 1.90. The Morgan fingerprint density at radius 1 is 1.19 bits per heavy atom. The van der Waals surface area contributed by atoms with Crippen molar-refractivity contribution in [3.63, 3.8) is 0 Å². The Labute approximate surface area is 156 Å². The van der Waals surface area contributed by atoms with Gasteiger partial charge in [0.15, 0.2) is 0 Å². The summed E-state index contributed by atoms with van der Waals surface area (Å²) in [6.45, 7) is 4.65. The summed E-state index contributed by atoms with van der Waals surface area (Å²) in [5.74, 6) is 0.511. The Balaban J connectivity index is 1.65. The minimum Gasteiger partial charge on any atom is -0.340 e. The molecule has 4 heterocycles. The van der Waals surface area contributed by atoms with E-state index in [0.717, 1.165) is 5.56 Å². The summed E-state index contributed by atoms with van der Waals surface area (Å²) in [5, 5.41) is 0. The third-order valence-electron chi connectivity index (χ3n) is 5.09. The molecule has 27 heavy (non-hydrogen) atoms. The minimum absolute atomic E-state index is 0.0110. The molecule has 0 radical (unpaired) electrons. The Hall–Kier alpha value is -3.22. The van der Waals surface area contributed by atoms with E-state index in [1.807, 2.05) is 42.9 Å². The second-order valence-corrected chi connectivity index (χ2v) is 7.20. The van der Waals surface area contributed by atoms with Crippen LogP contribution >= 0.6 is 0 Å². The van der Waals surface area contributed by atoms with Crippen LogP contribution in [0.4, 0.5) is 0 Å². The van der Waals surface area contributed by atoms with Gasteiger partial charge in [-0.3, -0.25) is 14.6 Å². The van der Waals surface area contributed by atoms with Crippen LogP contribution in [-0.2, 0) is 23.3 Å². The van der Waals surface area contributed by atoms with E-state index in [1.165, 1.54) is 0 Å². The normalized spacial score (nSPS) is 14.1. The standard InChI is InChI=1S/C20H21N5O2/c1-20(2,25-10-3-4-11-25)19(27)24-12-7-15-16(13-24)22-17(23-18(15)26)14-5-8-21-9-6-14/h3-6,8-11H,7,12-13H2,1-2H3,(H,22,23,26). The molecule has 0 fully saturated rings. The largest absolute Gasteiger partial charge is 0.340 e. The molecule has 3 aromatic heterocycles. The van der Waals surface area contributed by atoms with E-state index in [1.54, 1.807) is 29.4 Å². The van der Waals surface area contributed by atoms with Crippen molar-refractivity contribution in [1.82, 2.24) is 24.4 Å². The number of rotatable bonds is 3. The predicted molar refractivity (Wildman–Crippen MR) is 101 cm³/mol. The fraction of sp³-hybridized carbons (Fsp3) is 0.300. The average Bonchev–Trinajstić information content (AvgIpc) is 3.23. The molecular weight excluding hydrogens is 342 g/mol. The molecule has 1 amide bonds. The second-order valence-electron chi connectivity index (χ2n) is 7.20. The minimum atomic E-state index is -0.698. The molecule has 138 valence electrons. The van der Waals surface area contributed by atoms with Gasteiger partial charge in [0.05, 0.1) is 12.2 Å². The van der Waals surface area contributed by atoms with Gasteiger partial charge < -0.3 is 14.5 Å². The maximum absolute atomic E-state index is 13.2. The molecule has 3 aromatic rings. The van der Waals surface area contributed by atoms with Crippen LogP contribution < -0.4 is 5.56 Å². The van der Waals surface area contributed by atoms with Gasteiger partial charge in [-0.1, -0.05) is 0 Å². The Morgan fingerprint density at radius 3 is 2.59 bits per heavy atom. The lowest BCUT2D eigenvalue weighted by molar-refractivity contribution is -0.140. The van der Waals surface area contributed by atoms with Gasteiger partial charge in [-0.25, -0.2) is 4.98 Å². The fourth-order valence-corrected chi connectivity index (χ4v) is 3.46. The predicted octanol–water partition coefficient (Wildman–Crippen LogP) is 1.95. The molecule has 0 bridgehead atoms. The van der Waals surface area contributed by atoms with Crippen molar-refractivity contribution in [3.05, 3.63) is 70.7 Å². The van der Waals surface area contributed by atoms with Gasteiger partial charge in [-0.15, -0.1) is 0 Å². The van der Waals surface area contributed by atoms with Crippen LogP contribution in [-0.4, -0.2) is 36.9 Å². The van der Waals surface area contributed by atoms with E-state index in [4.69, 9.17) is 0 Å². The summed E-state index contributed by atoms with van der Waals surface area (Å²) in [5.41, 5.74) is 1.28. The van der Waals surface area contributed by atoms with E-state index >= 15 is 0 Å². The van der Waals surface area contributed by atoms with E-state index in [9.17, 15) is 9.59 Å². The number of fused-ring (bicyclic) bond motifs is 1. The van der Waals surface area contributed by atoms with E-state index in [0.29, 0.717) is 36.6 Å². The molecule has 7 heteroatoms. The van der Waals surface area contributed by atoms with Gasteiger partial charge in [-0.2, -0.15) is 0 Å². The third-order valence-corrected chi connectivity index (χ3v) is 5.09. The maximum Gasteiger partial charge on any atom is 0.254 e.